The van der Waals surface area contributed by atoms with Crippen molar-refractivity contribution in [3.05, 3.63) is 57.5 Å². The van der Waals surface area contributed by atoms with E-state index >= 15 is 0 Å². The molecule has 5 heteroatoms. The minimum Gasteiger partial charge on any atom is -0.481 e. The Morgan fingerprint density at radius 3 is 2.71 bits per heavy atom. The third-order valence-corrected chi connectivity index (χ3v) is 3.75. The monoisotopic (exact) mass is 367 g/mol. The van der Waals surface area contributed by atoms with E-state index in [1.165, 1.54) is 0 Å². The van der Waals surface area contributed by atoms with E-state index in [2.05, 4.69) is 21.2 Å². The summed E-state index contributed by atoms with van der Waals surface area (Å²) in [6.45, 7) is 3.68. The van der Waals surface area contributed by atoms with Gasteiger partial charge < -0.3 is 10.1 Å². The lowest BCUT2D eigenvalue weighted by atomic mass is 10.2. The first-order valence-electron chi connectivity index (χ1n) is 6.45. The highest BCUT2D eigenvalue weighted by molar-refractivity contribution is 9.10. The highest BCUT2D eigenvalue weighted by Crippen LogP contribution is 2.24. The summed E-state index contributed by atoms with van der Waals surface area (Å²) in [5.74, 6) is 0.340. The van der Waals surface area contributed by atoms with Gasteiger partial charge in [-0.1, -0.05) is 23.7 Å². The molecule has 21 heavy (non-hydrogen) atoms. The van der Waals surface area contributed by atoms with Crippen molar-refractivity contribution in [1.82, 2.24) is 0 Å². The van der Waals surface area contributed by atoms with Crippen molar-refractivity contribution in [2.24, 2.45) is 0 Å². The molecule has 1 amide bonds. The number of carbonyl (C=O) groups is 1. The van der Waals surface area contributed by atoms with Gasteiger partial charge in [0.15, 0.2) is 6.10 Å². The number of nitrogens with one attached hydrogen (secondary N) is 1. The first-order valence-corrected chi connectivity index (χ1v) is 7.62. The summed E-state index contributed by atoms with van der Waals surface area (Å²) in [5.41, 5.74) is 1.83. The summed E-state index contributed by atoms with van der Waals surface area (Å²) in [4.78, 5) is 12.1. The van der Waals surface area contributed by atoms with Crippen LogP contribution in [-0.4, -0.2) is 12.0 Å². The van der Waals surface area contributed by atoms with Crippen LogP contribution in [0.5, 0.6) is 5.75 Å². The van der Waals surface area contributed by atoms with Crippen molar-refractivity contribution in [3.63, 3.8) is 0 Å². The first kappa shape index (κ1) is 15.9. The second-order valence-corrected chi connectivity index (χ2v) is 5.98. The Bertz CT molecular complexity index is 660. The summed E-state index contributed by atoms with van der Waals surface area (Å²) >= 11 is 9.31. The van der Waals surface area contributed by atoms with Gasteiger partial charge in [0.1, 0.15) is 5.75 Å². The van der Waals surface area contributed by atoms with Crippen molar-refractivity contribution in [2.75, 3.05) is 5.32 Å². The Balaban J connectivity index is 2.02. The lowest BCUT2D eigenvalue weighted by molar-refractivity contribution is -0.122. The average Bonchev–Trinajstić information content (AvgIpc) is 2.41. The molecule has 0 bridgehead atoms. The van der Waals surface area contributed by atoms with E-state index in [0.717, 1.165) is 10.0 Å². The third-order valence-electron chi connectivity index (χ3n) is 2.86. The van der Waals surface area contributed by atoms with Gasteiger partial charge in [0, 0.05) is 9.50 Å². The molecular weight excluding hydrogens is 354 g/mol. The molecule has 0 saturated carbocycles. The molecule has 0 aliphatic carbocycles. The number of amides is 1. The molecule has 0 radical (unpaired) electrons. The maximum atomic E-state index is 12.1. The third kappa shape index (κ3) is 4.48. The van der Waals surface area contributed by atoms with Crippen molar-refractivity contribution in [3.8, 4) is 5.75 Å². The van der Waals surface area contributed by atoms with Crippen LogP contribution in [0.15, 0.2) is 46.9 Å². The van der Waals surface area contributed by atoms with E-state index in [-0.39, 0.29) is 5.91 Å². The molecule has 110 valence electrons. The molecule has 0 saturated heterocycles. The largest absolute Gasteiger partial charge is 0.481 e. The quantitative estimate of drug-likeness (QED) is 0.840. The molecule has 2 aromatic carbocycles. The van der Waals surface area contributed by atoms with Crippen LogP contribution in [0.2, 0.25) is 5.02 Å². The van der Waals surface area contributed by atoms with Crippen LogP contribution in [0.3, 0.4) is 0 Å². The molecule has 2 aromatic rings. The predicted molar refractivity (Wildman–Crippen MR) is 89.1 cm³/mol. The number of anilines is 1. The van der Waals surface area contributed by atoms with E-state index in [1.54, 1.807) is 31.2 Å². The second-order valence-electron chi connectivity index (χ2n) is 4.69. The van der Waals surface area contributed by atoms with Crippen molar-refractivity contribution in [2.45, 2.75) is 20.0 Å². The molecule has 1 N–H and O–H groups in total. The Labute approximate surface area is 137 Å². The summed E-state index contributed by atoms with van der Waals surface area (Å²) < 4.78 is 6.42. The summed E-state index contributed by atoms with van der Waals surface area (Å²) in [5, 5.41) is 3.40. The van der Waals surface area contributed by atoms with E-state index in [0.29, 0.717) is 16.5 Å². The van der Waals surface area contributed by atoms with Crippen LogP contribution < -0.4 is 10.1 Å². The second kappa shape index (κ2) is 6.96. The van der Waals surface area contributed by atoms with Crippen molar-refractivity contribution >= 4 is 39.1 Å². The van der Waals surface area contributed by atoms with Gasteiger partial charge in [-0.3, -0.25) is 4.79 Å². The molecule has 2 rings (SSSR count). The topological polar surface area (TPSA) is 38.3 Å². The van der Waals surface area contributed by atoms with Gasteiger partial charge in [-0.2, -0.15) is 0 Å². The summed E-state index contributed by atoms with van der Waals surface area (Å²) in [7, 11) is 0. The van der Waals surface area contributed by atoms with Crippen LogP contribution >= 0.6 is 27.5 Å². The van der Waals surface area contributed by atoms with Crippen LogP contribution in [-0.2, 0) is 4.79 Å². The molecule has 0 aromatic heterocycles. The van der Waals surface area contributed by atoms with E-state index in [4.69, 9.17) is 16.3 Å². The van der Waals surface area contributed by atoms with Crippen LogP contribution in [0.25, 0.3) is 0 Å². The smallest absolute Gasteiger partial charge is 0.265 e. The fourth-order valence-corrected chi connectivity index (χ4v) is 2.53. The van der Waals surface area contributed by atoms with Gasteiger partial charge in [-0.05, 0) is 65.7 Å². The molecular formula is C16H15BrClNO2. The number of ether oxygens (including phenoxy) is 1. The highest BCUT2D eigenvalue weighted by atomic mass is 79.9. The predicted octanol–water partition coefficient (Wildman–Crippen LogP) is 4.82. The number of aryl methyl sites for hydroxylation is 1. The Morgan fingerprint density at radius 1 is 1.29 bits per heavy atom. The average molecular weight is 369 g/mol. The van der Waals surface area contributed by atoms with Crippen LogP contribution in [0.1, 0.15) is 12.5 Å². The minimum atomic E-state index is -0.628. The zero-order valence-electron chi connectivity index (χ0n) is 11.7. The van der Waals surface area contributed by atoms with Gasteiger partial charge in [-0.25, -0.2) is 0 Å². The number of benzene rings is 2. The molecule has 3 nitrogen and oxygen atoms in total. The molecule has 0 aliphatic rings. The lowest BCUT2D eigenvalue weighted by Gasteiger charge is -2.15. The molecule has 0 heterocycles. The van der Waals surface area contributed by atoms with E-state index < -0.39 is 6.10 Å². The Hall–Kier alpha value is -1.52. The minimum absolute atomic E-state index is 0.223. The molecule has 0 unspecified atom stereocenters. The summed E-state index contributed by atoms with van der Waals surface area (Å²) in [6, 6.07) is 12.7. The van der Waals surface area contributed by atoms with Gasteiger partial charge in [0.05, 0.1) is 5.69 Å². The SMILES string of the molecule is Cc1ccc(NC(=O)[C@H](C)Oc2cccc(Cl)c2)c(Br)c1. The maximum Gasteiger partial charge on any atom is 0.265 e. The first-order chi connectivity index (χ1) is 9.95. The van der Waals surface area contributed by atoms with Crippen LogP contribution in [0.4, 0.5) is 5.69 Å². The molecule has 0 fully saturated rings. The summed E-state index contributed by atoms with van der Waals surface area (Å²) in [6.07, 6.45) is -0.628. The number of halogens is 2. The van der Waals surface area contributed by atoms with Gasteiger partial charge in [0.2, 0.25) is 0 Å². The standard InChI is InChI=1S/C16H15BrClNO2/c1-10-6-7-15(14(17)8-10)19-16(20)11(2)21-13-5-3-4-12(18)9-13/h3-9,11H,1-2H3,(H,19,20)/t11-/m0/s1. The number of rotatable bonds is 4. The van der Waals surface area contributed by atoms with Crippen molar-refractivity contribution in [1.29, 1.82) is 0 Å². The van der Waals surface area contributed by atoms with Crippen LogP contribution in [0, 0.1) is 6.92 Å². The van der Waals surface area contributed by atoms with Gasteiger partial charge >= 0.3 is 0 Å². The fourth-order valence-electron chi connectivity index (χ4n) is 1.75. The lowest BCUT2D eigenvalue weighted by Crippen LogP contribution is -2.30. The Morgan fingerprint density at radius 2 is 2.05 bits per heavy atom. The molecule has 1 atom stereocenters. The van der Waals surface area contributed by atoms with Gasteiger partial charge in [0.25, 0.3) is 5.91 Å². The zero-order chi connectivity index (χ0) is 15.4. The number of hydrogen-bond acceptors (Lipinski definition) is 2. The molecule has 0 aliphatic heterocycles. The van der Waals surface area contributed by atoms with E-state index in [9.17, 15) is 4.79 Å². The number of hydrogen-bond donors (Lipinski definition) is 1. The highest BCUT2D eigenvalue weighted by Gasteiger charge is 2.16. The number of carbonyl (C=O) groups excluding carboxylic acids is 1. The van der Waals surface area contributed by atoms with Crippen molar-refractivity contribution < 1.29 is 9.53 Å². The normalized spacial score (nSPS) is 11.8. The van der Waals surface area contributed by atoms with Gasteiger partial charge in [-0.15, -0.1) is 0 Å². The molecule has 0 spiro atoms. The van der Waals surface area contributed by atoms with E-state index in [1.807, 2.05) is 25.1 Å². The Kier molecular flexibility index (Phi) is 5.26. The fraction of sp³-hybridized carbons (Fsp3) is 0.188. The zero-order valence-corrected chi connectivity index (χ0v) is 14.0. The maximum absolute atomic E-state index is 12.1.